The highest BCUT2D eigenvalue weighted by atomic mass is 35.5. The number of imide groups is 1. The van der Waals surface area contributed by atoms with Crippen LogP contribution in [0.4, 0.5) is 16.2 Å². The molecule has 0 aromatic heterocycles. The number of anilines is 2. The summed E-state index contributed by atoms with van der Waals surface area (Å²) in [6.07, 6.45) is 1.25. The summed E-state index contributed by atoms with van der Waals surface area (Å²) in [6, 6.07) is 11.4. The number of ether oxygens (including phenoxy) is 1. The van der Waals surface area contributed by atoms with Crippen LogP contribution in [0.2, 0.25) is 5.02 Å². The van der Waals surface area contributed by atoms with E-state index in [0.717, 1.165) is 22.6 Å². The van der Waals surface area contributed by atoms with E-state index in [4.69, 9.17) is 16.3 Å². The highest BCUT2D eigenvalue weighted by molar-refractivity contribution is 6.31. The third kappa shape index (κ3) is 2.89. The zero-order valence-corrected chi connectivity index (χ0v) is 12.3. The van der Waals surface area contributed by atoms with Gasteiger partial charge in [-0.25, -0.2) is 9.69 Å². The fraction of sp³-hybridized carbons (Fsp3) is 0.125. The Bertz CT molecular complexity index is 733. The van der Waals surface area contributed by atoms with Gasteiger partial charge in [-0.1, -0.05) is 17.7 Å². The lowest BCUT2D eigenvalue weighted by Crippen LogP contribution is -2.33. The molecule has 1 aliphatic rings. The monoisotopic (exact) mass is 316 g/mol. The van der Waals surface area contributed by atoms with Gasteiger partial charge in [0.1, 0.15) is 5.75 Å². The molecule has 0 fully saturated rings. The van der Waals surface area contributed by atoms with Crippen molar-refractivity contribution in [3.63, 3.8) is 0 Å². The van der Waals surface area contributed by atoms with Crippen molar-refractivity contribution in [2.24, 2.45) is 0 Å². The van der Waals surface area contributed by atoms with Gasteiger partial charge in [-0.2, -0.15) is 0 Å². The lowest BCUT2D eigenvalue weighted by molar-refractivity contribution is -0.106. The zero-order chi connectivity index (χ0) is 15.5. The number of nitrogens with zero attached hydrogens (tertiary/aromatic N) is 1. The molecule has 0 saturated carbocycles. The molecular weight excluding hydrogens is 304 g/mol. The fourth-order valence-electron chi connectivity index (χ4n) is 2.30. The van der Waals surface area contributed by atoms with E-state index in [-0.39, 0.29) is 0 Å². The van der Waals surface area contributed by atoms with E-state index in [9.17, 15) is 9.59 Å². The molecular formula is C16H13ClN2O3. The van der Waals surface area contributed by atoms with Crippen LogP contribution in [0.25, 0.3) is 0 Å². The Balaban J connectivity index is 1.81. The van der Waals surface area contributed by atoms with Crippen molar-refractivity contribution in [3.8, 4) is 5.75 Å². The minimum absolute atomic E-state index is 0.484. The van der Waals surface area contributed by atoms with Crippen LogP contribution in [0.5, 0.6) is 5.75 Å². The Morgan fingerprint density at radius 3 is 2.91 bits per heavy atom. The van der Waals surface area contributed by atoms with Crippen molar-refractivity contribution in [1.82, 2.24) is 0 Å². The summed E-state index contributed by atoms with van der Waals surface area (Å²) in [7, 11) is 0. The number of halogens is 1. The summed E-state index contributed by atoms with van der Waals surface area (Å²) >= 11 is 5.87. The maximum Gasteiger partial charge on any atom is 0.332 e. The number of nitrogens with one attached hydrogen (secondary N) is 1. The van der Waals surface area contributed by atoms with Crippen LogP contribution >= 0.6 is 11.6 Å². The summed E-state index contributed by atoms with van der Waals surface area (Å²) < 4.78 is 5.41. The smallest absolute Gasteiger partial charge is 0.332 e. The first kappa shape index (κ1) is 14.4. The van der Waals surface area contributed by atoms with Crippen LogP contribution in [-0.2, 0) is 11.2 Å². The number of rotatable bonds is 3. The Kier molecular flexibility index (Phi) is 3.98. The Morgan fingerprint density at radius 2 is 2.14 bits per heavy atom. The molecule has 1 aliphatic heterocycles. The lowest BCUT2D eigenvalue weighted by Gasteiger charge is -2.17. The van der Waals surface area contributed by atoms with E-state index < -0.39 is 6.03 Å². The van der Waals surface area contributed by atoms with Crippen molar-refractivity contribution in [1.29, 1.82) is 0 Å². The second kappa shape index (κ2) is 6.07. The average Bonchev–Trinajstić information content (AvgIpc) is 2.95. The first-order chi connectivity index (χ1) is 10.7. The van der Waals surface area contributed by atoms with E-state index in [1.807, 2.05) is 0 Å². The van der Waals surface area contributed by atoms with Gasteiger partial charge < -0.3 is 10.1 Å². The Labute approximate surface area is 132 Å². The first-order valence-corrected chi connectivity index (χ1v) is 7.12. The summed E-state index contributed by atoms with van der Waals surface area (Å²) in [6.45, 7) is 0.620. The van der Waals surface area contributed by atoms with Gasteiger partial charge in [0, 0.05) is 17.1 Å². The molecule has 2 aromatic rings. The Hall–Kier alpha value is -2.53. The maximum atomic E-state index is 12.3. The molecule has 22 heavy (non-hydrogen) atoms. The third-order valence-electron chi connectivity index (χ3n) is 3.35. The van der Waals surface area contributed by atoms with E-state index in [1.54, 1.807) is 42.5 Å². The fourth-order valence-corrected chi connectivity index (χ4v) is 2.49. The highest BCUT2D eigenvalue weighted by Gasteiger charge is 2.19. The molecule has 1 heterocycles. The van der Waals surface area contributed by atoms with Crippen LogP contribution in [0.3, 0.4) is 0 Å². The van der Waals surface area contributed by atoms with Gasteiger partial charge in [-0.3, -0.25) is 4.79 Å². The van der Waals surface area contributed by atoms with Gasteiger partial charge in [0.05, 0.1) is 12.3 Å². The molecule has 3 rings (SSSR count). The van der Waals surface area contributed by atoms with E-state index in [0.29, 0.717) is 29.4 Å². The molecule has 0 aliphatic carbocycles. The first-order valence-electron chi connectivity index (χ1n) is 6.74. The molecule has 0 atom stereocenters. The zero-order valence-electron chi connectivity index (χ0n) is 11.6. The summed E-state index contributed by atoms with van der Waals surface area (Å²) in [5.41, 5.74) is 2.01. The number of carbonyl (C=O) groups is 2. The SMILES string of the molecule is O=CN(C(=O)Nc1cccc(Cl)c1)c1ccc2c(c1)CCO2. The molecule has 112 valence electrons. The van der Waals surface area contributed by atoms with Crippen LogP contribution in [0, 0.1) is 0 Å². The summed E-state index contributed by atoms with van der Waals surface area (Å²) in [5, 5.41) is 3.14. The van der Waals surface area contributed by atoms with Gasteiger partial charge in [0.25, 0.3) is 0 Å². The largest absolute Gasteiger partial charge is 0.493 e. The minimum Gasteiger partial charge on any atom is -0.493 e. The molecule has 5 nitrogen and oxygen atoms in total. The second-order valence-corrected chi connectivity index (χ2v) is 5.24. The molecule has 0 spiro atoms. The third-order valence-corrected chi connectivity index (χ3v) is 3.59. The molecule has 0 radical (unpaired) electrons. The van der Waals surface area contributed by atoms with E-state index >= 15 is 0 Å². The number of urea groups is 1. The normalized spacial score (nSPS) is 12.2. The standard InChI is InChI=1S/C16H13ClN2O3/c17-12-2-1-3-13(9-12)18-16(21)19(10-20)14-4-5-15-11(8-14)6-7-22-15/h1-5,8-10H,6-7H2,(H,18,21). The number of hydrogen-bond donors (Lipinski definition) is 1. The molecule has 1 N–H and O–H groups in total. The van der Waals surface area contributed by atoms with E-state index in [2.05, 4.69) is 5.32 Å². The number of benzene rings is 2. The van der Waals surface area contributed by atoms with Gasteiger partial charge >= 0.3 is 6.03 Å². The quantitative estimate of drug-likeness (QED) is 0.882. The van der Waals surface area contributed by atoms with Gasteiger partial charge in [-0.05, 0) is 42.0 Å². The van der Waals surface area contributed by atoms with Crippen LogP contribution in [-0.4, -0.2) is 19.0 Å². The average molecular weight is 317 g/mol. The summed E-state index contributed by atoms with van der Waals surface area (Å²) in [4.78, 5) is 24.6. The number of fused-ring (bicyclic) bond motifs is 1. The van der Waals surface area contributed by atoms with Crippen LogP contribution in [0.15, 0.2) is 42.5 Å². The van der Waals surface area contributed by atoms with Gasteiger partial charge in [0.2, 0.25) is 6.41 Å². The molecule has 6 heteroatoms. The predicted molar refractivity (Wildman–Crippen MR) is 84.7 cm³/mol. The molecule has 0 saturated heterocycles. The predicted octanol–water partition coefficient (Wildman–Crippen LogP) is 3.47. The van der Waals surface area contributed by atoms with Gasteiger partial charge in [0.15, 0.2) is 0 Å². The Morgan fingerprint density at radius 1 is 1.27 bits per heavy atom. The van der Waals surface area contributed by atoms with Crippen molar-refractivity contribution in [3.05, 3.63) is 53.1 Å². The van der Waals surface area contributed by atoms with Crippen LogP contribution < -0.4 is 15.0 Å². The molecule has 3 amide bonds. The molecule has 2 aromatic carbocycles. The minimum atomic E-state index is -0.545. The number of amides is 3. The summed E-state index contributed by atoms with van der Waals surface area (Å²) in [5.74, 6) is 0.796. The maximum absolute atomic E-state index is 12.3. The topological polar surface area (TPSA) is 58.6 Å². The second-order valence-electron chi connectivity index (χ2n) is 4.81. The van der Waals surface area contributed by atoms with E-state index in [1.165, 1.54) is 0 Å². The van der Waals surface area contributed by atoms with Gasteiger partial charge in [-0.15, -0.1) is 0 Å². The highest BCUT2D eigenvalue weighted by Crippen LogP contribution is 2.29. The number of carbonyl (C=O) groups excluding carboxylic acids is 2. The van der Waals surface area contributed by atoms with Crippen LogP contribution in [0.1, 0.15) is 5.56 Å². The molecule has 0 bridgehead atoms. The molecule has 0 unspecified atom stereocenters. The van der Waals surface area contributed by atoms with Crippen molar-refractivity contribution in [2.75, 3.05) is 16.8 Å². The van der Waals surface area contributed by atoms with Crippen molar-refractivity contribution in [2.45, 2.75) is 6.42 Å². The van der Waals surface area contributed by atoms with Crippen molar-refractivity contribution >= 4 is 35.4 Å². The number of hydrogen-bond acceptors (Lipinski definition) is 3. The van der Waals surface area contributed by atoms with Crippen molar-refractivity contribution < 1.29 is 14.3 Å². The lowest BCUT2D eigenvalue weighted by atomic mass is 10.1.